The first-order chi connectivity index (χ1) is 12.9. The van der Waals surface area contributed by atoms with Crippen LogP contribution in [0.4, 0.5) is 5.69 Å². The second-order valence-electron chi connectivity index (χ2n) is 5.98. The molecule has 27 heavy (non-hydrogen) atoms. The Morgan fingerprint density at radius 3 is 2.33 bits per heavy atom. The summed E-state index contributed by atoms with van der Waals surface area (Å²) in [6.07, 6.45) is 0.107. The number of ether oxygens (including phenoxy) is 1. The molecule has 1 atom stereocenters. The molecule has 0 bridgehead atoms. The van der Waals surface area contributed by atoms with E-state index in [1.54, 1.807) is 48.5 Å². The van der Waals surface area contributed by atoms with Crippen LogP contribution in [0.25, 0.3) is 0 Å². The number of methoxy groups -OCH3 is 1. The molecule has 0 aliphatic rings. The van der Waals surface area contributed by atoms with Gasteiger partial charge in [-0.05, 0) is 29.3 Å². The van der Waals surface area contributed by atoms with Crippen molar-refractivity contribution in [1.82, 2.24) is 5.32 Å². The number of anilines is 1. The number of hydrogen-bond acceptors (Lipinski definition) is 4. The van der Waals surface area contributed by atoms with E-state index < -0.39 is 12.0 Å². The molecule has 0 spiro atoms. The monoisotopic (exact) mass is 388 g/mol. The van der Waals surface area contributed by atoms with Gasteiger partial charge in [-0.1, -0.05) is 41.9 Å². The molecule has 0 aliphatic carbocycles. The zero-order valence-corrected chi connectivity index (χ0v) is 15.9. The number of carbonyl (C=O) groups is 3. The van der Waals surface area contributed by atoms with Crippen LogP contribution in [0.5, 0.6) is 0 Å². The Morgan fingerprint density at radius 2 is 1.74 bits per heavy atom. The molecule has 0 heterocycles. The van der Waals surface area contributed by atoms with Crippen LogP contribution in [0.1, 0.15) is 30.5 Å². The highest BCUT2D eigenvalue weighted by atomic mass is 35.5. The van der Waals surface area contributed by atoms with Crippen LogP contribution in [-0.4, -0.2) is 24.9 Å². The van der Waals surface area contributed by atoms with Crippen molar-refractivity contribution in [1.29, 1.82) is 0 Å². The molecule has 0 saturated heterocycles. The first-order valence-electron chi connectivity index (χ1n) is 8.36. The summed E-state index contributed by atoms with van der Waals surface area (Å²) in [6.45, 7) is 1.43. The molecule has 0 radical (unpaired) electrons. The summed E-state index contributed by atoms with van der Waals surface area (Å²) < 4.78 is 4.72. The summed E-state index contributed by atoms with van der Waals surface area (Å²) in [5, 5.41) is 5.97. The second kappa shape index (κ2) is 9.73. The number of hydrogen-bond donors (Lipinski definition) is 2. The van der Waals surface area contributed by atoms with Gasteiger partial charge in [-0.15, -0.1) is 0 Å². The smallest absolute Gasteiger partial charge is 0.307 e. The summed E-state index contributed by atoms with van der Waals surface area (Å²) >= 11 is 6.21. The predicted octanol–water partition coefficient (Wildman–Crippen LogP) is 3.26. The summed E-state index contributed by atoms with van der Waals surface area (Å²) in [6, 6.07) is 13.4. The highest BCUT2D eigenvalue weighted by Crippen LogP contribution is 2.25. The van der Waals surface area contributed by atoms with Crippen LogP contribution in [0, 0.1) is 0 Å². The molecule has 2 amide bonds. The van der Waals surface area contributed by atoms with Crippen LogP contribution in [-0.2, 0) is 25.5 Å². The van der Waals surface area contributed by atoms with E-state index >= 15 is 0 Å². The minimum atomic E-state index is -0.586. The van der Waals surface area contributed by atoms with Gasteiger partial charge in [0.15, 0.2) is 0 Å². The van der Waals surface area contributed by atoms with Crippen molar-refractivity contribution >= 4 is 35.1 Å². The van der Waals surface area contributed by atoms with E-state index in [1.165, 1.54) is 14.0 Å². The maximum atomic E-state index is 12.5. The minimum Gasteiger partial charge on any atom is -0.469 e. The first-order valence-corrected chi connectivity index (χ1v) is 8.74. The van der Waals surface area contributed by atoms with Gasteiger partial charge in [0.05, 0.1) is 26.0 Å². The fourth-order valence-electron chi connectivity index (χ4n) is 2.59. The van der Waals surface area contributed by atoms with E-state index in [0.717, 1.165) is 5.56 Å². The number of carbonyl (C=O) groups excluding carboxylic acids is 3. The lowest BCUT2D eigenvalue weighted by molar-refractivity contribution is -0.141. The lowest BCUT2D eigenvalue weighted by Gasteiger charge is -2.19. The van der Waals surface area contributed by atoms with Crippen LogP contribution in [0.3, 0.4) is 0 Å². The number of nitrogens with one attached hydrogen (secondary N) is 2. The molecule has 142 valence electrons. The average molecular weight is 389 g/mol. The van der Waals surface area contributed by atoms with E-state index in [4.69, 9.17) is 16.3 Å². The molecule has 0 aliphatic heterocycles. The molecule has 0 saturated carbocycles. The number of rotatable bonds is 7. The highest BCUT2D eigenvalue weighted by molar-refractivity contribution is 6.31. The molecule has 0 unspecified atom stereocenters. The first kappa shape index (κ1) is 20.5. The fourth-order valence-corrected chi connectivity index (χ4v) is 2.85. The molecular weight excluding hydrogens is 368 g/mol. The molecule has 0 aromatic heterocycles. The third kappa shape index (κ3) is 6.42. The minimum absolute atomic E-state index is 0.0204. The zero-order chi connectivity index (χ0) is 19.8. The Labute approximate surface area is 162 Å². The van der Waals surface area contributed by atoms with E-state index in [0.29, 0.717) is 16.3 Å². The maximum absolute atomic E-state index is 12.5. The quantitative estimate of drug-likeness (QED) is 0.713. The van der Waals surface area contributed by atoms with Gasteiger partial charge in [-0.2, -0.15) is 0 Å². The van der Waals surface area contributed by atoms with E-state index in [2.05, 4.69) is 10.6 Å². The number of benzene rings is 2. The summed E-state index contributed by atoms with van der Waals surface area (Å²) in [5.74, 6) is -0.859. The number of amides is 2. The standard InChI is InChI=1S/C20H21ClN2O4/c1-13(24)22-15-9-7-14(8-10-15)11-19(25)23-18(12-20(26)27-2)16-5-3-4-6-17(16)21/h3-10,18H,11-12H2,1-2H3,(H,22,24)(H,23,25)/t18-/m0/s1. The van der Waals surface area contributed by atoms with Crippen LogP contribution >= 0.6 is 11.6 Å². The van der Waals surface area contributed by atoms with Crippen LogP contribution in [0.15, 0.2) is 48.5 Å². The molecule has 0 fully saturated rings. The molecule has 2 rings (SSSR count). The van der Waals surface area contributed by atoms with Crippen molar-refractivity contribution in [3.8, 4) is 0 Å². The van der Waals surface area contributed by atoms with Crippen molar-refractivity contribution < 1.29 is 19.1 Å². The molecule has 2 aromatic rings. The Kier molecular flexibility index (Phi) is 7.37. The lowest BCUT2D eigenvalue weighted by Crippen LogP contribution is -2.31. The third-order valence-electron chi connectivity index (χ3n) is 3.85. The Balaban J connectivity index is 2.08. The molecule has 2 N–H and O–H groups in total. The van der Waals surface area contributed by atoms with Crippen LogP contribution < -0.4 is 10.6 Å². The van der Waals surface area contributed by atoms with Crippen molar-refractivity contribution in [2.45, 2.75) is 25.8 Å². The average Bonchev–Trinajstić information content (AvgIpc) is 2.62. The van der Waals surface area contributed by atoms with Crippen LogP contribution in [0.2, 0.25) is 5.02 Å². The van der Waals surface area contributed by atoms with Gasteiger partial charge in [-0.3, -0.25) is 14.4 Å². The van der Waals surface area contributed by atoms with Crippen molar-refractivity contribution in [2.24, 2.45) is 0 Å². The Morgan fingerprint density at radius 1 is 1.07 bits per heavy atom. The van der Waals surface area contributed by atoms with Crippen molar-refractivity contribution in [2.75, 3.05) is 12.4 Å². The maximum Gasteiger partial charge on any atom is 0.307 e. The van der Waals surface area contributed by atoms with Gasteiger partial charge in [0.1, 0.15) is 0 Å². The lowest BCUT2D eigenvalue weighted by atomic mass is 10.0. The summed E-state index contributed by atoms with van der Waals surface area (Å²) in [5.41, 5.74) is 2.09. The normalized spacial score (nSPS) is 11.4. The molecular formula is C20H21ClN2O4. The predicted molar refractivity (Wildman–Crippen MR) is 103 cm³/mol. The Bertz CT molecular complexity index is 821. The highest BCUT2D eigenvalue weighted by Gasteiger charge is 2.21. The van der Waals surface area contributed by atoms with E-state index in [-0.39, 0.29) is 24.7 Å². The number of halogens is 1. The van der Waals surface area contributed by atoms with E-state index in [9.17, 15) is 14.4 Å². The van der Waals surface area contributed by atoms with Gasteiger partial charge in [0, 0.05) is 17.6 Å². The Hall–Kier alpha value is -2.86. The number of esters is 1. The van der Waals surface area contributed by atoms with Crippen molar-refractivity contribution in [3.05, 3.63) is 64.7 Å². The molecule has 7 heteroatoms. The van der Waals surface area contributed by atoms with Gasteiger partial charge in [0.25, 0.3) is 0 Å². The molecule has 2 aromatic carbocycles. The van der Waals surface area contributed by atoms with E-state index in [1.807, 2.05) is 0 Å². The molecule has 6 nitrogen and oxygen atoms in total. The van der Waals surface area contributed by atoms with Gasteiger partial charge in [-0.25, -0.2) is 0 Å². The zero-order valence-electron chi connectivity index (χ0n) is 15.1. The van der Waals surface area contributed by atoms with Gasteiger partial charge < -0.3 is 15.4 Å². The van der Waals surface area contributed by atoms with Gasteiger partial charge in [0.2, 0.25) is 11.8 Å². The third-order valence-corrected chi connectivity index (χ3v) is 4.20. The fraction of sp³-hybridized carbons (Fsp3) is 0.250. The largest absolute Gasteiger partial charge is 0.469 e. The SMILES string of the molecule is COC(=O)C[C@H](NC(=O)Cc1ccc(NC(C)=O)cc1)c1ccccc1Cl. The second-order valence-corrected chi connectivity index (χ2v) is 6.38. The summed E-state index contributed by atoms with van der Waals surface area (Å²) in [7, 11) is 1.30. The topological polar surface area (TPSA) is 84.5 Å². The van der Waals surface area contributed by atoms with Gasteiger partial charge >= 0.3 is 5.97 Å². The summed E-state index contributed by atoms with van der Waals surface area (Å²) in [4.78, 5) is 35.2. The van der Waals surface area contributed by atoms with Crippen molar-refractivity contribution in [3.63, 3.8) is 0 Å².